The molecule has 1 unspecified atom stereocenters. The van der Waals surface area contributed by atoms with E-state index in [1.54, 1.807) is 0 Å². The Morgan fingerprint density at radius 1 is 1.42 bits per heavy atom. The first kappa shape index (κ1) is 9.50. The molecule has 0 radical (unpaired) electrons. The summed E-state index contributed by atoms with van der Waals surface area (Å²) in [6.45, 7) is 14.7. The quantitative estimate of drug-likeness (QED) is 0.560. The van der Waals surface area contributed by atoms with Crippen LogP contribution in [0.5, 0.6) is 0 Å². The van der Waals surface area contributed by atoms with Crippen molar-refractivity contribution in [3.63, 3.8) is 0 Å². The van der Waals surface area contributed by atoms with Gasteiger partial charge in [0.2, 0.25) is 6.04 Å². The lowest BCUT2D eigenvalue weighted by atomic mass is 9.95. The zero-order chi connectivity index (χ0) is 9.57. The molecule has 0 aliphatic carbocycles. The highest BCUT2D eigenvalue weighted by atomic mass is 16.5. The first-order chi connectivity index (χ1) is 5.32. The second-order valence-corrected chi connectivity index (χ2v) is 4.63. The number of rotatable bonds is 0. The number of hydrogen-bond acceptors (Lipinski definition) is 2. The smallest absolute Gasteiger partial charge is 0.245 e. The fraction of sp³-hybridized carbons (Fsp3) is 0.889. The van der Waals surface area contributed by atoms with Crippen LogP contribution in [-0.2, 0) is 0 Å². The third-order valence-corrected chi connectivity index (χ3v) is 2.78. The standard InChI is InChI=1S/C9H16N2O/c1-8(2)6-7(10-5)9(3,4)11(8)12/h7,12H,6H2,1-4H3. The first-order valence-corrected chi connectivity index (χ1v) is 4.18. The van der Waals surface area contributed by atoms with Gasteiger partial charge in [0.05, 0.1) is 0 Å². The lowest BCUT2D eigenvalue weighted by Crippen LogP contribution is -2.47. The Hall–Kier alpha value is -0.590. The summed E-state index contributed by atoms with van der Waals surface area (Å²) >= 11 is 0. The molecule has 68 valence electrons. The van der Waals surface area contributed by atoms with Gasteiger partial charge in [0.25, 0.3) is 0 Å². The molecule has 1 aliphatic rings. The minimum atomic E-state index is -0.411. The highest BCUT2D eigenvalue weighted by molar-refractivity contribution is 5.10. The molecule has 3 nitrogen and oxygen atoms in total. The molecule has 0 aromatic heterocycles. The zero-order valence-corrected chi connectivity index (χ0v) is 8.13. The van der Waals surface area contributed by atoms with Crippen molar-refractivity contribution in [2.24, 2.45) is 0 Å². The fourth-order valence-electron chi connectivity index (χ4n) is 1.93. The topological polar surface area (TPSA) is 27.8 Å². The van der Waals surface area contributed by atoms with Crippen molar-refractivity contribution >= 4 is 0 Å². The van der Waals surface area contributed by atoms with E-state index >= 15 is 0 Å². The van der Waals surface area contributed by atoms with Gasteiger partial charge in [-0.1, -0.05) is 0 Å². The van der Waals surface area contributed by atoms with Crippen LogP contribution in [0.1, 0.15) is 34.1 Å². The second-order valence-electron chi connectivity index (χ2n) is 4.63. The molecule has 1 fully saturated rings. The molecule has 1 aliphatic heterocycles. The average molecular weight is 168 g/mol. The third-order valence-electron chi connectivity index (χ3n) is 2.78. The molecule has 1 atom stereocenters. The van der Waals surface area contributed by atoms with Gasteiger partial charge >= 0.3 is 0 Å². The Kier molecular flexibility index (Phi) is 1.94. The van der Waals surface area contributed by atoms with E-state index in [-0.39, 0.29) is 11.6 Å². The maximum absolute atomic E-state index is 9.78. The Balaban J connectivity index is 2.98. The molecule has 12 heavy (non-hydrogen) atoms. The van der Waals surface area contributed by atoms with Crippen LogP contribution in [0.15, 0.2) is 0 Å². The summed E-state index contributed by atoms with van der Waals surface area (Å²) in [5, 5.41) is 11.1. The summed E-state index contributed by atoms with van der Waals surface area (Å²) in [5.41, 5.74) is -0.677. The molecule has 1 saturated heterocycles. The van der Waals surface area contributed by atoms with Gasteiger partial charge in [0.15, 0.2) is 0 Å². The highest BCUT2D eigenvalue weighted by Crippen LogP contribution is 2.40. The Bertz CT molecular complexity index is 227. The van der Waals surface area contributed by atoms with E-state index in [4.69, 9.17) is 6.57 Å². The number of hydrogen-bond donors (Lipinski definition) is 1. The molecule has 0 amide bonds. The van der Waals surface area contributed by atoms with E-state index < -0.39 is 5.54 Å². The van der Waals surface area contributed by atoms with Gasteiger partial charge in [-0.2, -0.15) is 5.06 Å². The summed E-state index contributed by atoms with van der Waals surface area (Å²) in [4.78, 5) is 3.53. The Morgan fingerprint density at radius 3 is 2.08 bits per heavy atom. The third kappa shape index (κ3) is 1.12. The molecule has 3 heteroatoms. The molecular weight excluding hydrogens is 152 g/mol. The van der Waals surface area contributed by atoms with Crippen LogP contribution in [0.3, 0.4) is 0 Å². The fourth-order valence-corrected chi connectivity index (χ4v) is 1.93. The van der Waals surface area contributed by atoms with E-state index in [0.717, 1.165) is 6.42 Å². The van der Waals surface area contributed by atoms with Crippen molar-refractivity contribution in [2.45, 2.75) is 51.2 Å². The molecule has 0 saturated carbocycles. The molecule has 1 heterocycles. The molecule has 0 aromatic rings. The van der Waals surface area contributed by atoms with E-state index in [0.29, 0.717) is 0 Å². The summed E-state index contributed by atoms with van der Waals surface area (Å²) < 4.78 is 0. The van der Waals surface area contributed by atoms with Crippen molar-refractivity contribution in [2.75, 3.05) is 0 Å². The average Bonchev–Trinajstić information content (AvgIpc) is 2.11. The predicted molar refractivity (Wildman–Crippen MR) is 46.8 cm³/mol. The minimum Gasteiger partial charge on any atom is -0.313 e. The number of nitrogens with zero attached hydrogens (tertiary/aromatic N) is 2. The lowest BCUT2D eigenvalue weighted by Gasteiger charge is -2.32. The molecule has 0 spiro atoms. The van der Waals surface area contributed by atoms with Crippen LogP contribution in [0, 0.1) is 6.57 Å². The van der Waals surface area contributed by atoms with Gasteiger partial charge in [-0.3, -0.25) is 0 Å². The van der Waals surface area contributed by atoms with Gasteiger partial charge in [0.1, 0.15) is 5.54 Å². The van der Waals surface area contributed by atoms with Gasteiger partial charge in [-0.05, 0) is 27.7 Å². The van der Waals surface area contributed by atoms with Crippen LogP contribution < -0.4 is 0 Å². The SMILES string of the molecule is [C-]#[N+]C1CC(C)(C)N(O)C1(C)C. The van der Waals surface area contributed by atoms with Gasteiger partial charge < -0.3 is 10.1 Å². The molecule has 1 N–H and O–H groups in total. The first-order valence-electron chi connectivity index (χ1n) is 4.18. The van der Waals surface area contributed by atoms with E-state index in [1.807, 2.05) is 27.7 Å². The predicted octanol–water partition coefficient (Wildman–Crippen LogP) is 1.93. The molecule has 0 bridgehead atoms. The van der Waals surface area contributed by atoms with Crippen LogP contribution in [0.25, 0.3) is 4.85 Å². The maximum Gasteiger partial charge on any atom is 0.245 e. The van der Waals surface area contributed by atoms with E-state index in [1.165, 1.54) is 5.06 Å². The molecular formula is C9H16N2O. The van der Waals surface area contributed by atoms with Gasteiger partial charge in [-0.25, -0.2) is 6.57 Å². The summed E-state index contributed by atoms with van der Waals surface area (Å²) in [6, 6.07) is -0.0995. The summed E-state index contributed by atoms with van der Waals surface area (Å²) in [6.07, 6.45) is 0.736. The van der Waals surface area contributed by atoms with Crippen LogP contribution in [0.4, 0.5) is 0 Å². The van der Waals surface area contributed by atoms with Crippen molar-refractivity contribution in [1.82, 2.24) is 5.06 Å². The maximum atomic E-state index is 9.78. The van der Waals surface area contributed by atoms with Crippen molar-refractivity contribution in [3.8, 4) is 0 Å². The minimum absolute atomic E-state index is 0.0995. The Labute approximate surface area is 73.8 Å². The second kappa shape index (κ2) is 2.45. The van der Waals surface area contributed by atoms with Crippen molar-refractivity contribution in [1.29, 1.82) is 0 Å². The normalized spacial score (nSPS) is 33.2. The Morgan fingerprint density at radius 2 is 1.92 bits per heavy atom. The monoisotopic (exact) mass is 168 g/mol. The van der Waals surface area contributed by atoms with Crippen LogP contribution in [-0.4, -0.2) is 27.4 Å². The zero-order valence-electron chi connectivity index (χ0n) is 8.13. The highest BCUT2D eigenvalue weighted by Gasteiger charge is 2.55. The summed E-state index contributed by atoms with van der Waals surface area (Å²) in [5.74, 6) is 0. The van der Waals surface area contributed by atoms with Gasteiger partial charge in [-0.15, -0.1) is 0 Å². The van der Waals surface area contributed by atoms with E-state index in [2.05, 4.69) is 4.85 Å². The van der Waals surface area contributed by atoms with E-state index in [9.17, 15) is 5.21 Å². The van der Waals surface area contributed by atoms with Crippen molar-refractivity contribution in [3.05, 3.63) is 11.4 Å². The van der Waals surface area contributed by atoms with Crippen molar-refractivity contribution < 1.29 is 5.21 Å². The van der Waals surface area contributed by atoms with Crippen LogP contribution >= 0.6 is 0 Å². The number of hydroxylamine groups is 2. The largest absolute Gasteiger partial charge is 0.313 e. The molecule has 1 rings (SSSR count). The van der Waals surface area contributed by atoms with Gasteiger partial charge in [0, 0.05) is 12.0 Å². The van der Waals surface area contributed by atoms with Crippen LogP contribution in [0.2, 0.25) is 0 Å². The molecule has 0 aromatic carbocycles. The lowest BCUT2D eigenvalue weighted by molar-refractivity contribution is -0.192. The summed E-state index contributed by atoms with van der Waals surface area (Å²) in [7, 11) is 0.